The van der Waals surface area contributed by atoms with E-state index in [1.807, 2.05) is 13.0 Å². The van der Waals surface area contributed by atoms with E-state index >= 15 is 0 Å². The van der Waals surface area contributed by atoms with Crippen LogP contribution in [-0.2, 0) is 10.0 Å². The predicted octanol–water partition coefficient (Wildman–Crippen LogP) is 1.45. The molecular formula is C11H16N2O3S2. The first kappa shape index (κ1) is 15.1. The lowest BCUT2D eigenvalue weighted by Gasteiger charge is -2.28. The van der Waals surface area contributed by atoms with Crippen molar-refractivity contribution in [3.63, 3.8) is 0 Å². The molecule has 0 fully saturated rings. The minimum absolute atomic E-state index is 0.0826. The summed E-state index contributed by atoms with van der Waals surface area (Å²) in [5.41, 5.74) is -0.676. The van der Waals surface area contributed by atoms with Crippen molar-refractivity contribution in [2.24, 2.45) is 0 Å². The van der Waals surface area contributed by atoms with Gasteiger partial charge in [0, 0.05) is 12.1 Å². The Morgan fingerprint density at radius 2 is 2.22 bits per heavy atom. The van der Waals surface area contributed by atoms with Crippen molar-refractivity contribution in [2.75, 3.05) is 6.61 Å². The highest BCUT2D eigenvalue weighted by molar-refractivity contribution is 7.91. The van der Waals surface area contributed by atoms with Crippen LogP contribution in [0, 0.1) is 11.3 Å². The van der Waals surface area contributed by atoms with E-state index in [0.717, 1.165) is 11.3 Å². The Balaban J connectivity index is 2.98. The lowest BCUT2D eigenvalue weighted by Crippen LogP contribution is -2.45. The summed E-state index contributed by atoms with van der Waals surface area (Å²) in [5, 5.41) is 17.7. The summed E-state index contributed by atoms with van der Waals surface area (Å²) in [6.45, 7) is 3.52. The second-order valence-electron chi connectivity index (χ2n) is 4.22. The molecule has 2 N–H and O–H groups in total. The first-order valence-electron chi connectivity index (χ1n) is 5.51. The van der Waals surface area contributed by atoms with Crippen LogP contribution >= 0.6 is 11.3 Å². The standard InChI is InChI=1S/C11H16N2O3S2/c1-3-11(2,6-7-14)13-18(15,16)10-5-4-9(8-12)17-10/h4-5,13-14H,3,6-7H2,1-2H3. The van der Waals surface area contributed by atoms with E-state index in [4.69, 9.17) is 10.4 Å². The molecular weight excluding hydrogens is 272 g/mol. The van der Waals surface area contributed by atoms with Gasteiger partial charge in [0.25, 0.3) is 10.0 Å². The van der Waals surface area contributed by atoms with E-state index < -0.39 is 15.6 Å². The molecule has 0 amide bonds. The van der Waals surface area contributed by atoms with Crippen molar-refractivity contribution in [3.8, 4) is 6.07 Å². The molecule has 1 aromatic heterocycles. The molecule has 0 aliphatic heterocycles. The molecule has 0 aliphatic carbocycles. The second kappa shape index (κ2) is 5.80. The molecule has 100 valence electrons. The molecule has 1 rings (SSSR count). The summed E-state index contributed by atoms with van der Waals surface area (Å²) in [6, 6.07) is 4.81. The zero-order valence-electron chi connectivity index (χ0n) is 10.3. The van der Waals surface area contributed by atoms with Gasteiger partial charge < -0.3 is 5.11 Å². The number of nitrogens with zero attached hydrogens (tertiary/aromatic N) is 1. The number of sulfonamides is 1. The lowest BCUT2D eigenvalue weighted by molar-refractivity contribution is 0.233. The van der Waals surface area contributed by atoms with Gasteiger partial charge in [-0.3, -0.25) is 0 Å². The van der Waals surface area contributed by atoms with Crippen molar-refractivity contribution >= 4 is 21.4 Å². The van der Waals surface area contributed by atoms with Crippen LogP contribution in [0.25, 0.3) is 0 Å². The average Bonchev–Trinajstić information content (AvgIpc) is 2.78. The fourth-order valence-electron chi connectivity index (χ4n) is 1.45. The van der Waals surface area contributed by atoms with Gasteiger partial charge in [-0.25, -0.2) is 13.1 Å². The Morgan fingerprint density at radius 3 is 2.67 bits per heavy atom. The number of nitriles is 1. The summed E-state index contributed by atoms with van der Waals surface area (Å²) >= 11 is 0.935. The van der Waals surface area contributed by atoms with Crippen LogP contribution in [0.4, 0.5) is 0 Å². The molecule has 0 radical (unpaired) electrons. The van der Waals surface area contributed by atoms with Gasteiger partial charge in [-0.2, -0.15) is 5.26 Å². The number of rotatable bonds is 6. The molecule has 0 saturated carbocycles. The maximum absolute atomic E-state index is 12.1. The molecule has 0 spiro atoms. The highest BCUT2D eigenvalue weighted by atomic mass is 32.2. The van der Waals surface area contributed by atoms with Crippen LogP contribution in [0.3, 0.4) is 0 Å². The quantitative estimate of drug-likeness (QED) is 0.829. The van der Waals surface area contributed by atoms with Crippen LogP contribution in [-0.4, -0.2) is 25.7 Å². The van der Waals surface area contributed by atoms with Crippen LogP contribution < -0.4 is 4.72 Å². The fourth-order valence-corrected chi connectivity index (χ4v) is 4.06. The monoisotopic (exact) mass is 288 g/mol. The summed E-state index contributed by atoms with van der Waals surface area (Å²) in [6.07, 6.45) is 0.919. The summed E-state index contributed by atoms with van der Waals surface area (Å²) in [4.78, 5) is 0.357. The fraction of sp³-hybridized carbons (Fsp3) is 0.545. The molecule has 0 aliphatic rings. The molecule has 1 unspecified atom stereocenters. The molecule has 18 heavy (non-hydrogen) atoms. The van der Waals surface area contributed by atoms with E-state index in [-0.39, 0.29) is 10.8 Å². The zero-order chi connectivity index (χ0) is 13.8. The van der Waals surface area contributed by atoms with Crippen molar-refractivity contribution in [3.05, 3.63) is 17.0 Å². The molecule has 1 heterocycles. The molecule has 0 saturated heterocycles. The van der Waals surface area contributed by atoms with E-state index in [1.165, 1.54) is 12.1 Å². The minimum Gasteiger partial charge on any atom is -0.396 e. The SMILES string of the molecule is CCC(C)(CCO)NS(=O)(=O)c1ccc(C#N)s1. The van der Waals surface area contributed by atoms with Gasteiger partial charge in [0.1, 0.15) is 15.2 Å². The maximum atomic E-state index is 12.1. The van der Waals surface area contributed by atoms with Gasteiger partial charge in [-0.05, 0) is 31.9 Å². The van der Waals surface area contributed by atoms with Gasteiger partial charge in [0.2, 0.25) is 0 Å². The first-order chi connectivity index (χ1) is 8.37. The van der Waals surface area contributed by atoms with Gasteiger partial charge in [0.05, 0.1) is 0 Å². The Morgan fingerprint density at radius 1 is 1.56 bits per heavy atom. The summed E-state index contributed by atoms with van der Waals surface area (Å²) in [5.74, 6) is 0. The minimum atomic E-state index is -3.64. The highest BCUT2D eigenvalue weighted by Crippen LogP contribution is 2.24. The molecule has 7 heteroatoms. The zero-order valence-corrected chi connectivity index (χ0v) is 11.9. The Bertz CT molecular complexity index is 545. The van der Waals surface area contributed by atoms with Gasteiger partial charge in [-0.1, -0.05) is 6.92 Å². The van der Waals surface area contributed by atoms with Crippen molar-refractivity contribution in [1.82, 2.24) is 4.72 Å². The van der Waals surface area contributed by atoms with E-state index in [2.05, 4.69) is 4.72 Å². The third-order valence-corrected chi connectivity index (χ3v) is 5.90. The topological polar surface area (TPSA) is 90.2 Å². The number of nitrogens with one attached hydrogen (secondary N) is 1. The second-order valence-corrected chi connectivity index (χ2v) is 7.22. The normalized spacial score (nSPS) is 15.0. The summed E-state index contributed by atoms with van der Waals surface area (Å²) < 4.78 is 26.9. The number of hydrogen-bond donors (Lipinski definition) is 2. The van der Waals surface area contributed by atoms with Crippen LogP contribution in [0.15, 0.2) is 16.3 Å². The smallest absolute Gasteiger partial charge is 0.250 e. The Kier molecular flexibility index (Phi) is 4.87. The third kappa shape index (κ3) is 3.53. The highest BCUT2D eigenvalue weighted by Gasteiger charge is 2.29. The molecule has 0 bridgehead atoms. The Labute approximate surface area is 111 Å². The lowest BCUT2D eigenvalue weighted by atomic mass is 9.97. The van der Waals surface area contributed by atoms with Crippen molar-refractivity contribution < 1.29 is 13.5 Å². The van der Waals surface area contributed by atoms with Crippen LogP contribution in [0.1, 0.15) is 31.6 Å². The number of aliphatic hydroxyl groups excluding tert-OH is 1. The van der Waals surface area contributed by atoms with Crippen LogP contribution in [0.5, 0.6) is 0 Å². The third-order valence-electron chi connectivity index (χ3n) is 2.78. The number of hydrogen-bond acceptors (Lipinski definition) is 5. The largest absolute Gasteiger partial charge is 0.396 e. The van der Waals surface area contributed by atoms with Gasteiger partial charge >= 0.3 is 0 Å². The van der Waals surface area contributed by atoms with E-state index in [9.17, 15) is 8.42 Å². The number of aliphatic hydroxyl groups is 1. The van der Waals surface area contributed by atoms with Gasteiger partial charge in [-0.15, -0.1) is 11.3 Å². The summed E-state index contributed by atoms with van der Waals surface area (Å²) in [7, 11) is -3.64. The average molecular weight is 288 g/mol. The molecule has 0 aromatic carbocycles. The molecule has 1 atom stereocenters. The van der Waals surface area contributed by atoms with E-state index in [0.29, 0.717) is 17.7 Å². The van der Waals surface area contributed by atoms with Gasteiger partial charge in [0.15, 0.2) is 0 Å². The van der Waals surface area contributed by atoms with E-state index in [1.54, 1.807) is 6.92 Å². The molecule has 1 aromatic rings. The maximum Gasteiger partial charge on any atom is 0.250 e. The molecule has 5 nitrogen and oxygen atoms in total. The predicted molar refractivity (Wildman–Crippen MR) is 69.8 cm³/mol. The Hall–Kier alpha value is -0.940. The van der Waals surface area contributed by atoms with Crippen LogP contribution in [0.2, 0.25) is 0 Å². The number of thiophene rings is 1. The van der Waals surface area contributed by atoms with Crippen molar-refractivity contribution in [1.29, 1.82) is 5.26 Å². The first-order valence-corrected chi connectivity index (χ1v) is 7.81. The van der Waals surface area contributed by atoms with Crippen molar-refractivity contribution in [2.45, 2.75) is 36.4 Å².